The molecule has 0 radical (unpaired) electrons. The Kier molecular flexibility index (Phi) is 4.55. The minimum atomic E-state index is -0.557. The molecule has 4 nitrogen and oxygen atoms in total. The quantitative estimate of drug-likeness (QED) is 0.850. The maximum Gasteiger partial charge on any atom is 0.254 e. The molecule has 0 unspecified atom stereocenters. The molecule has 0 aromatic carbocycles. The molecule has 1 aliphatic carbocycles. The molecule has 1 N–H and O–H groups in total. The first kappa shape index (κ1) is 15.3. The van der Waals surface area contributed by atoms with Crippen molar-refractivity contribution in [2.75, 3.05) is 33.3 Å². The molecule has 21 heavy (non-hydrogen) atoms. The summed E-state index contributed by atoms with van der Waals surface area (Å²) in [4.78, 5) is 15.2. The van der Waals surface area contributed by atoms with E-state index in [0.29, 0.717) is 5.41 Å². The highest BCUT2D eigenvalue weighted by atomic mass is 16.5. The van der Waals surface area contributed by atoms with Crippen LogP contribution in [-0.4, -0.2) is 49.7 Å². The van der Waals surface area contributed by atoms with Gasteiger partial charge in [-0.1, -0.05) is 19.3 Å². The van der Waals surface area contributed by atoms with E-state index in [4.69, 9.17) is 4.74 Å². The topological polar surface area (TPSA) is 41.6 Å². The number of carbonyl (C=O) groups excluding carboxylic acids is 1. The van der Waals surface area contributed by atoms with Gasteiger partial charge in [-0.3, -0.25) is 4.79 Å². The van der Waals surface area contributed by atoms with Gasteiger partial charge in [-0.2, -0.15) is 0 Å². The first-order valence-corrected chi connectivity index (χ1v) is 8.75. The summed E-state index contributed by atoms with van der Waals surface area (Å²) in [6.45, 7) is 3.68. The molecule has 1 amide bonds. The molecular formula is C17H30N2O2. The molecule has 120 valence electrons. The Morgan fingerprint density at radius 3 is 2.33 bits per heavy atom. The van der Waals surface area contributed by atoms with Crippen LogP contribution in [0.4, 0.5) is 0 Å². The number of amides is 1. The number of hydrogen-bond acceptors (Lipinski definition) is 3. The lowest BCUT2D eigenvalue weighted by molar-refractivity contribution is -0.162. The fourth-order valence-electron chi connectivity index (χ4n) is 4.72. The van der Waals surface area contributed by atoms with Gasteiger partial charge in [0.2, 0.25) is 0 Å². The smallest absolute Gasteiger partial charge is 0.254 e. The van der Waals surface area contributed by atoms with Gasteiger partial charge in [-0.15, -0.1) is 0 Å². The van der Waals surface area contributed by atoms with E-state index in [1.54, 1.807) is 7.11 Å². The van der Waals surface area contributed by atoms with Crippen molar-refractivity contribution < 1.29 is 9.53 Å². The number of methoxy groups -OCH3 is 1. The van der Waals surface area contributed by atoms with Gasteiger partial charge in [0.1, 0.15) is 5.60 Å². The van der Waals surface area contributed by atoms with Gasteiger partial charge in [-0.05, 0) is 57.0 Å². The van der Waals surface area contributed by atoms with Crippen LogP contribution >= 0.6 is 0 Å². The monoisotopic (exact) mass is 294 g/mol. The van der Waals surface area contributed by atoms with Crippen LogP contribution in [0.1, 0.15) is 57.8 Å². The highest BCUT2D eigenvalue weighted by molar-refractivity contribution is 5.85. The Morgan fingerprint density at radius 2 is 1.67 bits per heavy atom. The molecular weight excluding hydrogens is 264 g/mol. The summed E-state index contributed by atoms with van der Waals surface area (Å²) in [7, 11) is 1.71. The Balaban J connectivity index is 1.71. The summed E-state index contributed by atoms with van der Waals surface area (Å²) in [6.07, 6.45) is 10.8. The number of ether oxygens (including phenoxy) is 1. The van der Waals surface area contributed by atoms with Crippen LogP contribution < -0.4 is 5.32 Å². The standard InChI is InChI=1S/C17H30N2O2/c1-21-17(9-11-18-12-10-17)15(20)19-13-5-8-16(14-19)6-3-2-4-7-16/h18H,2-14H2,1H3. The normalized spacial score (nSPS) is 28.5. The average molecular weight is 294 g/mol. The first-order valence-electron chi connectivity index (χ1n) is 8.75. The summed E-state index contributed by atoms with van der Waals surface area (Å²) in [5.41, 5.74) is -0.132. The fourth-order valence-corrected chi connectivity index (χ4v) is 4.72. The molecule has 4 heteroatoms. The molecule has 2 aliphatic heterocycles. The predicted molar refractivity (Wildman–Crippen MR) is 83.2 cm³/mol. The van der Waals surface area contributed by atoms with E-state index in [2.05, 4.69) is 10.2 Å². The first-order chi connectivity index (χ1) is 10.2. The third kappa shape index (κ3) is 2.98. The third-order valence-electron chi connectivity index (χ3n) is 6.05. The van der Waals surface area contributed by atoms with Gasteiger partial charge in [0, 0.05) is 20.2 Å². The van der Waals surface area contributed by atoms with Crippen LogP contribution in [0.2, 0.25) is 0 Å². The molecule has 3 rings (SSSR count). The van der Waals surface area contributed by atoms with Crippen LogP contribution in [0, 0.1) is 5.41 Å². The molecule has 1 saturated carbocycles. The number of nitrogens with one attached hydrogen (secondary N) is 1. The van der Waals surface area contributed by atoms with E-state index in [-0.39, 0.29) is 5.91 Å². The third-order valence-corrected chi connectivity index (χ3v) is 6.05. The molecule has 3 fully saturated rings. The Morgan fingerprint density at radius 1 is 1.00 bits per heavy atom. The second kappa shape index (κ2) is 6.25. The molecule has 1 spiro atoms. The summed E-state index contributed by atoms with van der Waals surface area (Å²) in [5, 5.41) is 3.34. The van der Waals surface area contributed by atoms with Crippen molar-refractivity contribution in [1.82, 2.24) is 10.2 Å². The van der Waals surface area contributed by atoms with Gasteiger partial charge < -0.3 is 15.0 Å². The molecule has 0 atom stereocenters. The lowest BCUT2D eigenvalue weighted by Gasteiger charge is -2.48. The molecule has 2 heterocycles. The second-order valence-electron chi connectivity index (χ2n) is 7.34. The minimum absolute atomic E-state index is 0.260. The van der Waals surface area contributed by atoms with Crippen molar-refractivity contribution in [2.24, 2.45) is 5.41 Å². The highest BCUT2D eigenvalue weighted by Gasteiger charge is 2.46. The molecule has 0 aromatic rings. The molecule has 0 aromatic heterocycles. The van der Waals surface area contributed by atoms with Crippen LogP contribution in [0.15, 0.2) is 0 Å². The Bertz CT molecular complexity index is 365. The van der Waals surface area contributed by atoms with Gasteiger partial charge >= 0.3 is 0 Å². The zero-order valence-corrected chi connectivity index (χ0v) is 13.5. The summed E-state index contributed by atoms with van der Waals surface area (Å²) in [6, 6.07) is 0. The largest absolute Gasteiger partial charge is 0.368 e. The van der Waals surface area contributed by atoms with E-state index in [1.807, 2.05) is 0 Å². The van der Waals surface area contributed by atoms with Crippen LogP contribution in [-0.2, 0) is 9.53 Å². The van der Waals surface area contributed by atoms with Crippen molar-refractivity contribution >= 4 is 5.91 Å². The van der Waals surface area contributed by atoms with Crippen LogP contribution in [0.3, 0.4) is 0 Å². The number of carbonyl (C=O) groups is 1. The van der Waals surface area contributed by atoms with E-state index < -0.39 is 5.60 Å². The van der Waals surface area contributed by atoms with Gasteiger partial charge in [0.05, 0.1) is 0 Å². The predicted octanol–water partition coefficient (Wildman–Crippen LogP) is 2.33. The zero-order valence-electron chi connectivity index (χ0n) is 13.5. The van der Waals surface area contributed by atoms with Gasteiger partial charge in [-0.25, -0.2) is 0 Å². The molecule has 0 bridgehead atoms. The number of likely N-dealkylation sites (tertiary alicyclic amines) is 1. The van der Waals surface area contributed by atoms with E-state index >= 15 is 0 Å². The maximum absolute atomic E-state index is 13.1. The van der Waals surface area contributed by atoms with Crippen molar-refractivity contribution in [1.29, 1.82) is 0 Å². The number of piperidine rings is 2. The summed E-state index contributed by atoms with van der Waals surface area (Å²) < 4.78 is 5.74. The van der Waals surface area contributed by atoms with Gasteiger partial charge in [0.25, 0.3) is 5.91 Å². The summed E-state index contributed by atoms with van der Waals surface area (Å²) in [5.74, 6) is 0.260. The van der Waals surface area contributed by atoms with E-state index in [9.17, 15) is 4.79 Å². The zero-order chi connectivity index (χ0) is 14.8. The fraction of sp³-hybridized carbons (Fsp3) is 0.941. The highest BCUT2D eigenvalue weighted by Crippen LogP contribution is 2.44. The lowest BCUT2D eigenvalue weighted by Crippen LogP contribution is -2.58. The number of hydrogen-bond donors (Lipinski definition) is 1. The van der Waals surface area contributed by atoms with Gasteiger partial charge in [0.15, 0.2) is 0 Å². The van der Waals surface area contributed by atoms with Crippen LogP contribution in [0.5, 0.6) is 0 Å². The molecule has 3 aliphatic rings. The second-order valence-corrected chi connectivity index (χ2v) is 7.34. The molecule has 2 saturated heterocycles. The summed E-state index contributed by atoms with van der Waals surface area (Å²) >= 11 is 0. The average Bonchev–Trinajstić information content (AvgIpc) is 2.55. The minimum Gasteiger partial charge on any atom is -0.368 e. The Hall–Kier alpha value is -0.610. The van der Waals surface area contributed by atoms with Crippen molar-refractivity contribution in [2.45, 2.75) is 63.4 Å². The van der Waals surface area contributed by atoms with E-state index in [0.717, 1.165) is 39.0 Å². The SMILES string of the molecule is COC1(C(=O)N2CCCC3(CCCCC3)C2)CCNCC1. The van der Waals surface area contributed by atoms with Crippen LogP contribution in [0.25, 0.3) is 0 Å². The van der Waals surface area contributed by atoms with Crippen molar-refractivity contribution in [3.63, 3.8) is 0 Å². The lowest BCUT2D eigenvalue weighted by atomic mass is 9.69. The number of nitrogens with zero attached hydrogens (tertiary/aromatic N) is 1. The number of rotatable bonds is 2. The van der Waals surface area contributed by atoms with Crippen molar-refractivity contribution in [3.8, 4) is 0 Å². The van der Waals surface area contributed by atoms with E-state index in [1.165, 1.54) is 44.9 Å². The Labute approximate surface area is 128 Å². The van der Waals surface area contributed by atoms with Crippen molar-refractivity contribution in [3.05, 3.63) is 0 Å². The maximum atomic E-state index is 13.1.